The molecule has 0 saturated carbocycles. The van der Waals surface area contributed by atoms with E-state index < -0.39 is 5.60 Å². The Labute approximate surface area is 140 Å². The van der Waals surface area contributed by atoms with Gasteiger partial charge in [-0.05, 0) is 40.0 Å². The number of nitrogens with one attached hydrogen (secondary N) is 2. The van der Waals surface area contributed by atoms with E-state index in [9.17, 15) is 4.79 Å². The van der Waals surface area contributed by atoms with E-state index in [0.29, 0.717) is 11.9 Å². The highest BCUT2D eigenvalue weighted by Gasteiger charge is 2.15. The van der Waals surface area contributed by atoms with E-state index in [-0.39, 0.29) is 36.5 Å². The standard InChI is InChI=1S/C14H29N3O2.HI/c1-7-15-13(16-9-8-11(2)3)17-10-12(18)19-14(4,5)6;/h11H,7-10H2,1-6H3,(H2,15,16,17);1H. The third-order valence-corrected chi connectivity index (χ3v) is 2.14. The van der Waals surface area contributed by atoms with Gasteiger partial charge in [-0.1, -0.05) is 13.8 Å². The average molecular weight is 399 g/mol. The molecule has 2 N–H and O–H groups in total. The highest BCUT2D eigenvalue weighted by Crippen LogP contribution is 2.06. The summed E-state index contributed by atoms with van der Waals surface area (Å²) in [6.45, 7) is 13.5. The van der Waals surface area contributed by atoms with Crippen LogP contribution in [0.1, 0.15) is 48.0 Å². The van der Waals surface area contributed by atoms with Crippen LogP contribution in [-0.4, -0.2) is 37.2 Å². The molecule has 0 atom stereocenters. The van der Waals surface area contributed by atoms with Crippen LogP contribution < -0.4 is 10.6 Å². The first-order valence-electron chi connectivity index (χ1n) is 6.98. The van der Waals surface area contributed by atoms with Gasteiger partial charge in [0.05, 0.1) is 0 Å². The van der Waals surface area contributed by atoms with Gasteiger partial charge in [0.25, 0.3) is 0 Å². The van der Waals surface area contributed by atoms with Crippen molar-refractivity contribution < 1.29 is 9.53 Å². The zero-order valence-corrected chi connectivity index (χ0v) is 15.9. The van der Waals surface area contributed by atoms with Gasteiger partial charge < -0.3 is 15.4 Å². The number of nitrogens with zero attached hydrogens (tertiary/aromatic N) is 1. The van der Waals surface area contributed by atoms with Gasteiger partial charge in [-0.25, -0.2) is 4.99 Å². The number of hydrogen-bond donors (Lipinski definition) is 2. The monoisotopic (exact) mass is 399 g/mol. The van der Waals surface area contributed by atoms with E-state index in [0.717, 1.165) is 19.5 Å². The maximum absolute atomic E-state index is 11.6. The number of aliphatic imine (C=N–C) groups is 1. The molecule has 0 aromatic rings. The van der Waals surface area contributed by atoms with E-state index in [1.54, 1.807) is 0 Å². The summed E-state index contributed by atoms with van der Waals surface area (Å²) in [6.07, 6.45) is 1.07. The first kappa shape index (κ1) is 21.8. The van der Waals surface area contributed by atoms with Crippen molar-refractivity contribution in [2.45, 2.75) is 53.6 Å². The minimum absolute atomic E-state index is 0. The predicted molar refractivity (Wildman–Crippen MR) is 94.7 cm³/mol. The molecule has 0 saturated heterocycles. The zero-order chi connectivity index (χ0) is 14.9. The first-order valence-corrected chi connectivity index (χ1v) is 6.98. The molecule has 0 unspecified atom stereocenters. The lowest BCUT2D eigenvalue weighted by atomic mass is 10.1. The van der Waals surface area contributed by atoms with Gasteiger partial charge in [0.2, 0.25) is 0 Å². The molecule has 0 rings (SSSR count). The van der Waals surface area contributed by atoms with Gasteiger partial charge in [-0.15, -0.1) is 24.0 Å². The molecular weight excluding hydrogens is 369 g/mol. The number of carbonyl (C=O) groups excluding carboxylic acids is 1. The molecule has 0 heterocycles. The van der Waals surface area contributed by atoms with E-state index >= 15 is 0 Å². The lowest BCUT2D eigenvalue weighted by Crippen LogP contribution is -2.38. The molecule has 0 bridgehead atoms. The minimum Gasteiger partial charge on any atom is -0.459 e. The molecule has 0 aromatic heterocycles. The van der Waals surface area contributed by atoms with Crippen LogP contribution in [-0.2, 0) is 9.53 Å². The summed E-state index contributed by atoms with van der Waals surface area (Å²) < 4.78 is 5.21. The molecule has 0 aliphatic carbocycles. The lowest BCUT2D eigenvalue weighted by Gasteiger charge is -2.19. The van der Waals surface area contributed by atoms with E-state index in [2.05, 4.69) is 29.5 Å². The summed E-state index contributed by atoms with van der Waals surface area (Å²) in [5.74, 6) is 0.990. The average Bonchev–Trinajstić information content (AvgIpc) is 2.23. The molecule has 0 spiro atoms. The van der Waals surface area contributed by atoms with E-state index in [1.807, 2.05) is 27.7 Å². The largest absolute Gasteiger partial charge is 0.459 e. The van der Waals surface area contributed by atoms with Crippen molar-refractivity contribution in [3.8, 4) is 0 Å². The minimum atomic E-state index is -0.462. The molecule has 5 nitrogen and oxygen atoms in total. The highest BCUT2D eigenvalue weighted by atomic mass is 127. The smallest absolute Gasteiger partial charge is 0.328 e. The van der Waals surface area contributed by atoms with Crippen molar-refractivity contribution in [3.05, 3.63) is 0 Å². The van der Waals surface area contributed by atoms with Crippen LogP contribution in [0.15, 0.2) is 4.99 Å². The molecule has 0 aliphatic rings. The predicted octanol–water partition coefficient (Wildman–Crippen LogP) is 2.55. The lowest BCUT2D eigenvalue weighted by molar-refractivity contribution is -0.152. The second-order valence-electron chi connectivity index (χ2n) is 5.89. The number of carbonyl (C=O) groups is 1. The Balaban J connectivity index is 0. The Kier molecular flexibility index (Phi) is 12.1. The fraction of sp³-hybridized carbons (Fsp3) is 0.857. The summed E-state index contributed by atoms with van der Waals surface area (Å²) in [4.78, 5) is 15.8. The summed E-state index contributed by atoms with van der Waals surface area (Å²) in [6, 6.07) is 0. The molecule has 0 amide bonds. The highest BCUT2D eigenvalue weighted by molar-refractivity contribution is 14.0. The zero-order valence-electron chi connectivity index (χ0n) is 13.6. The Hall–Kier alpha value is -0.530. The molecule has 0 aliphatic heterocycles. The Morgan fingerprint density at radius 2 is 1.85 bits per heavy atom. The Morgan fingerprint density at radius 3 is 2.30 bits per heavy atom. The maximum Gasteiger partial charge on any atom is 0.328 e. The summed E-state index contributed by atoms with van der Waals surface area (Å²) in [7, 11) is 0. The third kappa shape index (κ3) is 13.9. The van der Waals surface area contributed by atoms with Gasteiger partial charge in [-0.3, -0.25) is 4.79 Å². The fourth-order valence-corrected chi connectivity index (χ4v) is 1.34. The summed E-state index contributed by atoms with van der Waals surface area (Å²) in [5.41, 5.74) is -0.462. The van der Waals surface area contributed by atoms with Gasteiger partial charge in [0, 0.05) is 13.1 Å². The molecule has 0 radical (unpaired) electrons. The molecule has 0 aromatic carbocycles. The van der Waals surface area contributed by atoms with Crippen molar-refractivity contribution in [2.24, 2.45) is 10.9 Å². The van der Waals surface area contributed by atoms with Gasteiger partial charge in [0.1, 0.15) is 12.1 Å². The summed E-state index contributed by atoms with van der Waals surface area (Å²) in [5, 5.41) is 6.31. The van der Waals surface area contributed by atoms with Crippen LogP contribution in [0.2, 0.25) is 0 Å². The van der Waals surface area contributed by atoms with Crippen molar-refractivity contribution in [1.82, 2.24) is 10.6 Å². The Bertz CT molecular complexity index is 299. The molecule has 120 valence electrons. The number of esters is 1. The number of rotatable bonds is 6. The van der Waals surface area contributed by atoms with Crippen molar-refractivity contribution in [2.75, 3.05) is 19.6 Å². The topological polar surface area (TPSA) is 62.7 Å². The van der Waals surface area contributed by atoms with Crippen LogP contribution in [0.3, 0.4) is 0 Å². The van der Waals surface area contributed by atoms with Crippen molar-refractivity contribution in [1.29, 1.82) is 0 Å². The fourth-order valence-electron chi connectivity index (χ4n) is 1.34. The normalized spacial score (nSPS) is 11.8. The summed E-state index contributed by atoms with van der Waals surface area (Å²) >= 11 is 0. The van der Waals surface area contributed by atoms with Crippen LogP contribution >= 0.6 is 24.0 Å². The quantitative estimate of drug-likeness (QED) is 0.312. The Morgan fingerprint density at radius 1 is 1.25 bits per heavy atom. The maximum atomic E-state index is 11.6. The number of hydrogen-bond acceptors (Lipinski definition) is 3. The van der Waals surface area contributed by atoms with Crippen LogP contribution in [0.25, 0.3) is 0 Å². The molecule has 0 fully saturated rings. The second-order valence-corrected chi connectivity index (χ2v) is 5.89. The van der Waals surface area contributed by atoms with Crippen LogP contribution in [0, 0.1) is 5.92 Å². The number of halogens is 1. The van der Waals surface area contributed by atoms with Crippen LogP contribution in [0.5, 0.6) is 0 Å². The van der Waals surface area contributed by atoms with Crippen molar-refractivity contribution >= 4 is 35.9 Å². The van der Waals surface area contributed by atoms with E-state index in [4.69, 9.17) is 4.74 Å². The van der Waals surface area contributed by atoms with Gasteiger partial charge in [-0.2, -0.15) is 0 Å². The SMILES string of the molecule is CCNC(=NCC(=O)OC(C)(C)C)NCCC(C)C.I. The van der Waals surface area contributed by atoms with Gasteiger partial charge >= 0.3 is 5.97 Å². The third-order valence-electron chi connectivity index (χ3n) is 2.14. The number of guanidine groups is 1. The van der Waals surface area contributed by atoms with Crippen molar-refractivity contribution in [3.63, 3.8) is 0 Å². The molecular formula is C14H30IN3O2. The number of ether oxygens (including phenoxy) is 1. The molecule has 6 heteroatoms. The van der Waals surface area contributed by atoms with E-state index in [1.165, 1.54) is 0 Å². The molecule has 20 heavy (non-hydrogen) atoms. The van der Waals surface area contributed by atoms with Gasteiger partial charge in [0.15, 0.2) is 5.96 Å². The second kappa shape index (κ2) is 11.2. The van der Waals surface area contributed by atoms with Crippen LogP contribution in [0.4, 0.5) is 0 Å². The first-order chi connectivity index (χ1) is 8.74.